The molecule has 0 aliphatic carbocycles. The molecule has 4 heteroatoms. The molecule has 3 atom stereocenters. The normalized spacial score (nSPS) is 18.7. The molecule has 162 valence electrons. The van der Waals surface area contributed by atoms with E-state index in [1.165, 1.54) is 18.5 Å². The Labute approximate surface area is 181 Å². The SMILES string of the molecule is CC(C)c1ccccc1O[C@H](C)C(=O)N[C@H](C)c1ccc(N2CCC[C@@H](C)C2)cc1. The Morgan fingerprint density at radius 1 is 1.07 bits per heavy atom. The maximum Gasteiger partial charge on any atom is 0.261 e. The van der Waals surface area contributed by atoms with Gasteiger partial charge in [-0.3, -0.25) is 4.79 Å². The van der Waals surface area contributed by atoms with Crippen molar-refractivity contribution in [1.29, 1.82) is 0 Å². The Morgan fingerprint density at radius 2 is 1.77 bits per heavy atom. The highest BCUT2D eigenvalue weighted by atomic mass is 16.5. The minimum absolute atomic E-state index is 0.0711. The molecular formula is C26H36N2O2. The Balaban J connectivity index is 1.58. The van der Waals surface area contributed by atoms with E-state index in [1.54, 1.807) is 6.92 Å². The van der Waals surface area contributed by atoms with Gasteiger partial charge in [-0.2, -0.15) is 0 Å². The van der Waals surface area contributed by atoms with Crippen molar-refractivity contribution in [3.8, 4) is 5.75 Å². The zero-order valence-electron chi connectivity index (χ0n) is 19.0. The topological polar surface area (TPSA) is 41.6 Å². The van der Waals surface area contributed by atoms with Crippen LogP contribution in [-0.4, -0.2) is 25.1 Å². The van der Waals surface area contributed by atoms with Crippen molar-refractivity contribution in [3.05, 3.63) is 59.7 Å². The number of nitrogens with one attached hydrogen (secondary N) is 1. The molecule has 1 aliphatic heterocycles. The van der Waals surface area contributed by atoms with Gasteiger partial charge in [0.2, 0.25) is 0 Å². The molecule has 0 bridgehead atoms. The van der Waals surface area contributed by atoms with Gasteiger partial charge in [-0.1, -0.05) is 51.1 Å². The predicted octanol–water partition coefficient (Wildman–Crippen LogP) is 5.69. The molecule has 1 fully saturated rings. The number of anilines is 1. The van der Waals surface area contributed by atoms with E-state index in [0.29, 0.717) is 5.92 Å². The smallest absolute Gasteiger partial charge is 0.261 e. The molecule has 1 N–H and O–H groups in total. The number of carbonyl (C=O) groups is 1. The first-order valence-electron chi connectivity index (χ1n) is 11.3. The summed E-state index contributed by atoms with van der Waals surface area (Å²) in [6.45, 7) is 12.7. The molecule has 1 saturated heterocycles. The van der Waals surface area contributed by atoms with Crippen molar-refractivity contribution in [3.63, 3.8) is 0 Å². The zero-order valence-corrected chi connectivity index (χ0v) is 19.0. The third-order valence-electron chi connectivity index (χ3n) is 5.99. The van der Waals surface area contributed by atoms with E-state index in [-0.39, 0.29) is 11.9 Å². The molecule has 0 spiro atoms. The average Bonchev–Trinajstić information content (AvgIpc) is 2.74. The molecule has 1 amide bonds. The van der Waals surface area contributed by atoms with E-state index in [4.69, 9.17) is 4.74 Å². The maximum atomic E-state index is 12.7. The zero-order chi connectivity index (χ0) is 21.7. The van der Waals surface area contributed by atoms with Crippen molar-refractivity contribution < 1.29 is 9.53 Å². The number of hydrogen-bond acceptors (Lipinski definition) is 3. The molecule has 1 heterocycles. The first kappa shape index (κ1) is 22.2. The molecule has 0 saturated carbocycles. The highest BCUT2D eigenvalue weighted by Crippen LogP contribution is 2.27. The van der Waals surface area contributed by atoms with E-state index in [1.807, 2.05) is 25.1 Å². The van der Waals surface area contributed by atoms with Gasteiger partial charge in [-0.15, -0.1) is 0 Å². The van der Waals surface area contributed by atoms with Gasteiger partial charge in [-0.25, -0.2) is 0 Å². The van der Waals surface area contributed by atoms with Crippen molar-refractivity contribution in [2.45, 2.75) is 65.5 Å². The van der Waals surface area contributed by atoms with Crippen LogP contribution in [0.3, 0.4) is 0 Å². The molecule has 0 unspecified atom stereocenters. The second kappa shape index (κ2) is 10.0. The molecule has 2 aromatic rings. The van der Waals surface area contributed by atoms with E-state index in [2.05, 4.69) is 61.3 Å². The lowest BCUT2D eigenvalue weighted by molar-refractivity contribution is -0.127. The number of carbonyl (C=O) groups excluding carboxylic acids is 1. The van der Waals surface area contributed by atoms with Crippen LogP contribution in [0.15, 0.2) is 48.5 Å². The fourth-order valence-electron chi connectivity index (χ4n) is 4.12. The highest BCUT2D eigenvalue weighted by molar-refractivity contribution is 5.81. The average molecular weight is 409 g/mol. The van der Waals surface area contributed by atoms with Gasteiger partial charge in [0.05, 0.1) is 6.04 Å². The summed E-state index contributed by atoms with van der Waals surface area (Å²) in [6.07, 6.45) is 2.02. The quantitative estimate of drug-likeness (QED) is 0.640. The van der Waals surface area contributed by atoms with E-state index in [9.17, 15) is 4.79 Å². The molecule has 3 rings (SSSR count). The number of ether oxygens (including phenoxy) is 1. The van der Waals surface area contributed by atoms with Crippen LogP contribution in [0, 0.1) is 5.92 Å². The lowest BCUT2D eigenvalue weighted by Crippen LogP contribution is -2.38. The Hall–Kier alpha value is -2.49. The molecule has 2 aromatic carbocycles. The molecule has 1 aliphatic rings. The summed E-state index contributed by atoms with van der Waals surface area (Å²) < 4.78 is 6.00. The van der Waals surface area contributed by atoms with Gasteiger partial charge < -0.3 is 15.0 Å². The lowest BCUT2D eigenvalue weighted by Gasteiger charge is -2.33. The first-order chi connectivity index (χ1) is 14.3. The number of piperidine rings is 1. The van der Waals surface area contributed by atoms with Crippen molar-refractivity contribution in [2.75, 3.05) is 18.0 Å². The van der Waals surface area contributed by atoms with Crippen molar-refractivity contribution >= 4 is 11.6 Å². The summed E-state index contributed by atoms with van der Waals surface area (Å²) in [6, 6.07) is 16.5. The summed E-state index contributed by atoms with van der Waals surface area (Å²) in [4.78, 5) is 15.2. The number of para-hydroxylation sites is 1. The second-order valence-electron chi connectivity index (χ2n) is 8.97. The lowest BCUT2D eigenvalue weighted by atomic mass is 9.99. The third-order valence-corrected chi connectivity index (χ3v) is 5.99. The fraction of sp³-hybridized carbons (Fsp3) is 0.500. The summed E-state index contributed by atoms with van der Waals surface area (Å²) in [5, 5.41) is 3.09. The van der Waals surface area contributed by atoms with Crippen LogP contribution in [0.5, 0.6) is 5.75 Å². The minimum Gasteiger partial charge on any atom is -0.481 e. The van der Waals surface area contributed by atoms with Gasteiger partial charge in [0.1, 0.15) is 5.75 Å². The summed E-state index contributed by atoms with van der Waals surface area (Å²) in [7, 11) is 0. The second-order valence-corrected chi connectivity index (χ2v) is 8.97. The maximum absolute atomic E-state index is 12.7. The highest BCUT2D eigenvalue weighted by Gasteiger charge is 2.20. The number of rotatable bonds is 7. The van der Waals surface area contributed by atoms with Crippen LogP contribution in [0.25, 0.3) is 0 Å². The van der Waals surface area contributed by atoms with Crippen LogP contribution in [-0.2, 0) is 4.79 Å². The number of amides is 1. The van der Waals surface area contributed by atoms with E-state index >= 15 is 0 Å². The summed E-state index contributed by atoms with van der Waals surface area (Å²) >= 11 is 0. The predicted molar refractivity (Wildman–Crippen MR) is 124 cm³/mol. The number of hydrogen-bond donors (Lipinski definition) is 1. The van der Waals surface area contributed by atoms with Crippen LogP contribution in [0.4, 0.5) is 5.69 Å². The number of benzene rings is 2. The fourth-order valence-corrected chi connectivity index (χ4v) is 4.12. The van der Waals surface area contributed by atoms with Crippen molar-refractivity contribution in [2.24, 2.45) is 5.92 Å². The van der Waals surface area contributed by atoms with Gasteiger partial charge in [0, 0.05) is 18.8 Å². The standard InChI is InChI=1S/C26H36N2O2/c1-18(2)24-10-6-7-11-25(24)30-21(5)26(29)27-20(4)22-12-14-23(15-13-22)28-16-8-9-19(3)17-28/h6-7,10-15,18-21H,8-9,16-17H2,1-5H3,(H,27,29)/t19-,20-,21-/m1/s1. The van der Waals surface area contributed by atoms with Gasteiger partial charge in [-0.05, 0) is 67.9 Å². The van der Waals surface area contributed by atoms with Gasteiger partial charge >= 0.3 is 0 Å². The summed E-state index contributed by atoms with van der Waals surface area (Å²) in [5.41, 5.74) is 3.49. The third kappa shape index (κ3) is 5.56. The number of nitrogens with zero attached hydrogens (tertiary/aromatic N) is 1. The Morgan fingerprint density at radius 3 is 2.43 bits per heavy atom. The Bertz CT molecular complexity index is 831. The molecular weight excluding hydrogens is 372 g/mol. The first-order valence-corrected chi connectivity index (χ1v) is 11.3. The van der Waals surface area contributed by atoms with Crippen LogP contribution >= 0.6 is 0 Å². The largest absolute Gasteiger partial charge is 0.481 e. The molecule has 30 heavy (non-hydrogen) atoms. The van der Waals surface area contributed by atoms with Crippen LogP contribution < -0.4 is 15.0 Å². The van der Waals surface area contributed by atoms with E-state index in [0.717, 1.165) is 35.9 Å². The van der Waals surface area contributed by atoms with E-state index < -0.39 is 6.10 Å². The monoisotopic (exact) mass is 408 g/mol. The molecule has 0 radical (unpaired) electrons. The summed E-state index contributed by atoms with van der Waals surface area (Å²) in [5.74, 6) is 1.77. The van der Waals surface area contributed by atoms with Crippen LogP contribution in [0.1, 0.15) is 70.5 Å². The molecule has 0 aromatic heterocycles. The molecule has 4 nitrogen and oxygen atoms in total. The van der Waals surface area contributed by atoms with Gasteiger partial charge in [0.15, 0.2) is 6.10 Å². The minimum atomic E-state index is -0.554. The van der Waals surface area contributed by atoms with Crippen LogP contribution in [0.2, 0.25) is 0 Å². The van der Waals surface area contributed by atoms with Gasteiger partial charge in [0.25, 0.3) is 5.91 Å². The van der Waals surface area contributed by atoms with Crippen molar-refractivity contribution in [1.82, 2.24) is 5.32 Å². The Kier molecular flexibility index (Phi) is 7.41.